The summed E-state index contributed by atoms with van der Waals surface area (Å²) in [6, 6.07) is 0.480. The highest BCUT2D eigenvalue weighted by molar-refractivity contribution is 5.39. The second-order valence-electron chi connectivity index (χ2n) is 7.05. The molecule has 1 aromatic rings. The van der Waals surface area contributed by atoms with Gasteiger partial charge in [0, 0.05) is 39.6 Å². The number of aromatic nitrogens is 3. The lowest BCUT2D eigenvalue weighted by atomic mass is 9.93. The SMILES string of the molecule is CC(C)c1nc(N(C)C)nc(N(C)C2CCN(C)CC2C)n1. The molecule has 0 aromatic carbocycles. The van der Waals surface area contributed by atoms with Gasteiger partial charge in [0.2, 0.25) is 11.9 Å². The molecule has 1 fully saturated rings. The van der Waals surface area contributed by atoms with Gasteiger partial charge in [-0.25, -0.2) is 0 Å². The largest absolute Gasteiger partial charge is 0.347 e. The first kappa shape index (κ1) is 16.9. The van der Waals surface area contributed by atoms with Crippen molar-refractivity contribution in [2.45, 2.75) is 39.2 Å². The van der Waals surface area contributed by atoms with E-state index in [1.54, 1.807) is 0 Å². The molecule has 0 spiro atoms. The van der Waals surface area contributed by atoms with Gasteiger partial charge in [0.15, 0.2) is 0 Å². The van der Waals surface area contributed by atoms with Crippen molar-refractivity contribution in [1.29, 1.82) is 0 Å². The average Bonchev–Trinajstić information content (AvgIpc) is 2.46. The Balaban J connectivity index is 2.30. The zero-order chi connectivity index (χ0) is 16.4. The molecule has 1 aliphatic rings. The van der Waals surface area contributed by atoms with Gasteiger partial charge >= 0.3 is 0 Å². The van der Waals surface area contributed by atoms with Crippen LogP contribution in [0.1, 0.15) is 38.9 Å². The predicted octanol–water partition coefficient (Wildman–Crippen LogP) is 1.84. The van der Waals surface area contributed by atoms with Gasteiger partial charge in [-0.2, -0.15) is 15.0 Å². The fraction of sp³-hybridized carbons (Fsp3) is 0.812. The minimum Gasteiger partial charge on any atom is -0.347 e. The van der Waals surface area contributed by atoms with Crippen LogP contribution < -0.4 is 9.80 Å². The van der Waals surface area contributed by atoms with Crippen molar-refractivity contribution in [1.82, 2.24) is 19.9 Å². The zero-order valence-electron chi connectivity index (χ0n) is 15.0. The molecule has 0 saturated carbocycles. The Morgan fingerprint density at radius 3 is 2.27 bits per heavy atom. The van der Waals surface area contributed by atoms with Crippen LogP contribution in [-0.2, 0) is 0 Å². The molecule has 6 heteroatoms. The minimum atomic E-state index is 0.295. The third kappa shape index (κ3) is 3.66. The second kappa shape index (κ2) is 6.77. The third-order valence-corrected chi connectivity index (χ3v) is 4.42. The number of hydrogen-bond donors (Lipinski definition) is 0. The van der Waals surface area contributed by atoms with E-state index < -0.39 is 0 Å². The molecule has 1 aliphatic heterocycles. The van der Waals surface area contributed by atoms with Crippen molar-refractivity contribution < 1.29 is 0 Å². The predicted molar refractivity (Wildman–Crippen MR) is 91.7 cm³/mol. The van der Waals surface area contributed by atoms with Crippen LogP contribution in [0.15, 0.2) is 0 Å². The first-order chi connectivity index (χ1) is 10.3. The van der Waals surface area contributed by atoms with Crippen molar-refractivity contribution >= 4 is 11.9 Å². The molecular formula is C16H30N6. The summed E-state index contributed by atoms with van der Waals surface area (Å²) < 4.78 is 0. The lowest BCUT2D eigenvalue weighted by Crippen LogP contribution is -2.48. The van der Waals surface area contributed by atoms with Crippen LogP contribution in [0.5, 0.6) is 0 Å². The highest BCUT2D eigenvalue weighted by Gasteiger charge is 2.29. The molecule has 6 nitrogen and oxygen atoms in total. The molecule has 1 saturated heterocycles. The summed E-state index contributed by atoms with van der Waals surface area (Å²) in [6.07, 6.45) is 1.15. The molecule has 0 N–H and O–H groups in total. The van der Waals surface area contributed by atoms with Crippen molar-refractivity contribution in [3.8, 4) is 0 Å². The smallest absolute Gasteiger partial charge is 0.230 e. The number of piperidine rings is 1. The van der Waals surface area contributed by atoms with Gasteiger partial charge in [0.1, 0.15) is 5.82 Å². The lowest BCUT2D eigenvalue weighted by molar-refractivity contribution is 0.193. The molecule has 0 aliphatic carbocycles. The van der Waals surface area contributed by atoms with Crippen LogP contribution in [0.3, 0.4) is 0 Å². The summed E-state index contributed by atoms with van der Waals surface area (Å²) in [6.45, 7) is 8.81. The van der Waals surface area contributed by atoms with Crippen molar-refractivity contribution in [3.63, 3.8) is 0 Å². The summed E-state index contributed by atoms with van der Waals surface area (Å²) in [5.41, 5.74) is 0. The number of anilines is 2. The zero-order valence-corrected chi connectivity index (χ0v) is 15.0. The Bertz CT molecular complexity index is 475. The van der Waals surface area contributed by atoms with Crippen LogP contribution in [-0.4, -0.2) is 67.2 Å². The fourth-order valence-corrected chi connectivity index (χ4v) is 3.05. The summed E-state index contributed by atoms with van der Waals surface area (Å²) in [5.74, 6) is 3.29. The first-order valence-corrected chi connectivity index (χ1v) is 8.14. The van der Waals surface area contributed by atoms with E-state index in [4.69, 9.17) is 4.98 Å². The Hall–Kier alpha value is -1.43. The summed E-state index contributed by atoms with van der Waals surface area (Å²) >= 11 is 0. The van der Waals surface area contributed by atoms with Gasteiger partial charge in [-0.05, 0) is 25.9 Å². The van der Waals surface area contributed by atoms with Gasteiger partial charge in [0.25, 0.3) is 0 Å². The van der Waals surface area contributed by atoms with E-state index in [0.29, 0.717) is 17.9 Å². The molecular weight excluding hydrogens is 276 g/mol. The van der Waals surface area contributed by atoms with Crippen LogP contribution in [0.4, 0.5) is 11.9 Å². The molecule has 22 heavy (non-hydrogen) atoms. The summed E-state index contributed by atoms with van der Waals surface area (Å²) in [4.78, 5) is 20.5. The third-order valence-electron chi connectivity index (χ3n) is 4.42. The number of likely N-dealkylation sites (tertiary alicyclic amines) is 1. The Morgan fingerprint density at radius 2 is 1.73 bits per heavy atom. The molecule has 2 heterocycles. The van der Waals surface area contributed by atoms with E-state index >= 15 is 0 Å². The molecule has 2 rings (SSSR count). The Kier molecular flexibility index (Phi) is 5.21. The van der Waals surface area contributed by atoms with Gasteiger partial charge in [0.05, 0.1) is 0 Å². The number of rotatable bonds is 4. The van der Waals surface area contributed by atoms with Crippen LogP contribution in [0.2, 0.25) is 0 Å². The Morgan fingerprint density at radius 1 is 1.09 bits per heavy atom. The maximum atomic E-state index is 4.71. The number of hydrogen-bond acceptors (Lipinski definition) is 6. The van der Waals surface area contributed by atoms with E-state index in [1.807, 2.05) is 19.0 Å². The van der Waals surface area contributed by atoms with E-state index in [0.717, 1.165) is 37.2 Å². The molecule has 2 unspecified atom stereocenters. The van der Waals surface area contributed by atoms with Crippen molar-refractivity contribution in [2.24, 2.45) is 5.92 Å². The summed E-state index contributed by atoms with van der Waals surface area (Å²) in [5, 5.41) is 0. The monoisotopic (exact) mass is 306 g/mol. The van der Waals surface area contributed by atoms with Crippen LogP contribution in [0.25, 0.3) is 0 Å². The second-order valence-corrected chi connectivity index (χ2v) is 7.05. The van der Waals surface area contributed by atoms with E-state index in [-0.39, 0.29) is 0 Å². The highest BCUT2D eigenvalue weighted by Crippen LogP contribution is 2.25. The quantitative estimate of drug-likeness (QED) is 0.846. The van der Waals surface area contributed by atoms with E-state index in [1.165, 1.54) is 0 Å². The lowest BCUT2D eigenvalue weighted by Gasteiger charge is -2.40. The normalized spacial score (nSPS) is 22.9. The van der Waals surface area contributed by atoms with Gasteiger partial charge in [-0.1, -0.05) is 20.8 Å². The van der Waals surface area contributed by atoms with E-state index in [9.17, 15) is 0 Å². The fourth-order valence-electron chi connectivity index (χ4n) is 3.05. The highest BCUT2D eigenvalue weighted by atomic mass is 15.3. The maximum Gasteiger partial charge on any atom is 0.230 e. The van der Waals surface area contributed by atoms with Crippen molar-refractivity contribution in [2.75, 3.05) is 51.1 Å². The number of nitrogens with zero attached hydrogens (tertiary/aromatic N) is 6. The van der Waals surface area contributed by atoms with Gasteiger partial charge in [-0.3, -0.25) is 0 Å². The minimum absolute atomic E-state index is 0.295. The standard InChI is InChI=1S/C16H30N6/c1-11(2)14-17-15(20(4)5)19-16(18-14)22(7)13-8-9-21(6)10-12(13)3/h11-13H,8-10H2,1-7H3. The molecule has 0 amide bonds. The Labute approximate surface area is 134 Å². The van der Waals surface area contributed by atoms with Crippen LogP contribution >= 0.6 is 0 Å². The van der Waals surface area contributed by atoms with Crippen LogP contribution in [0, 0.1) is 5.92 Å². The average molecular weight is 306 g/mol. The molecule has 2 atom stereocenters. The molecule has 1 aromatic heterocycles. The van der Waals surface area contributed by atoms with Crippen molar-refractivity contribution in [3.05, 3.63) is 5.82 Å². The maximum absolute atomic E-state index is 4.71. The first-order valence-electron chi connectivity index (χ1n) is 8.14. The molecule has 124 valence electrons. The molecule has 0 radical (unpaired) electrons. The summed E-state index contributed by atoms with van der Waals surface area (Å²) in [7, 11) is 8.25. The topological polar surface area (TPSA) is 48.4 Å². The molecule has 0 bridgehead atoms. The van der Waals surface area contributed by atoms with Gasteiger partial charge in [-0.15, -0.1) is 0 Å². The van der Waals surface area contributed by atoms with E-state index in [2.05, 4.69) is 54.6 Å². The van der Waals surface area contributed by atoms with Gasteiger partial charge < -0.3 is 14.7 Å².